The second-order valence-electron chi connectivity index (χ2n) is 6.33. The molecule has 0 aliphatic carbocycles. The molecule has 21 heavy (non-hydrogen) atoms. The summed E-state index contributed by atoms with van der Waals surface area (Å²) in [4.78, 5) is 27.5. The van der Waals surface area contributed by atoms with Crippen LogP contribution in [0.25, 0.3) is 0 Å². The van der Waals surface area contributed by atoms with Crippen LogP contribution in [0, 0.1) is 5.92 Å². The van der Waals surface area contributed by atoms with E-state index in [1.54, 1.807) is 0 Å². The van der Waals surface area contributed by atoms with E-state index in [4.69, 9.17) is 0 Å². The maximum absolute atomic E-state index is 12.3. The van der Waals surface area contributed by atoms with Gasteiger partial charge in [0.1, 0.15) is 6.04 Å². The van der Waals surface area contributed by atoms with Gasteiger partial charge < -0.3 is 20.2 Å². The first-order valence-electron chi connectivity index (χ1n) is 8.03. The van der Waals surface area contributed by atoms with Gasteiger partial charge in [-0.2, -0.15) is 0 Å². The lowest BCUT2D eigenvalue weighted by Gasteiger charge is -2.31. The van der Waals surface area contributed by atoms with Crippen molar-refractivity contribution in [2.24, 2.45) is 5.92 Å². The smallest absolute Gasteiger partial charge is 0.326 e. The van der Waals surface area contributed by atoms with E-state index in [9.17, 15) is 14.7 Å². The Balaban J connectivity index is 1.84. The molecule has 2 rings (SSSR count). The molecule has 2 N–H and O–H groups in total. The first kappa shape index (κ1) is 16.1. The van der Waals surface area contributed by atoms with E-state index in [1.807, 2.05) is 0 Å². The van der Waals surface area contributed by atoms with Crippen LogP contribution in [0.5, 0.6) is 0 Å². The number of nitrogens with one attached hydrogen (secondary N) is 1. The standard InChI is InChI=1S/C15H27N3O3/c1-17-9-6-12(7-10-17)11-16-15(21)18-8-4-2-3-5-13(18)14(19)20/h12-13H,2-11H2,1H3,(H,16,21)(H,19,20). The van der Waals surface area contributed by atoms with Gasteiger partial charge in [0.05, 0.1) is 0 Å². The van der Waals surface area contributed by atoms with Crippen molar-refractivity contribution in [2.45, 2.75) is 44.6 Å². The number of carboxylic acids is 1. The second-order valence-corrected chi connectivity index (χ2v) is 6.33. The van der Waals surface area contributed by atoms with E-state index in [-0.39, 0.29) is 6.03 Å². The third kappa shape index (κ3) is 4.59. The van der Waals surface area contributed by atoms with Gasteiger partial charge in [-0.1, -0.05) is 12.8 Å². The Morgan fingerprint density at radius 2 is 1.81 bits per heavy atom. The lowest BCUT2D eigenvalue weighted by atomic mass is 9.97. The SMILES string of the molecule is CN1CCC(CNC(=O)N2CCCCCC2C(=O)O)CC1. The summed E-state index contributed by atoms with van der Waals surface area (Å²) >= 11 is 0. The Bertz CT molecular complexity index is 367. The first-order chi connectivity index (χ1) is 10.1. The van der Waals surface area contributed by atoms with E-state index in [0.29, 0.717) is 25.4 Å². The number of hydrogen-bond donors (Lipinski definition) is 2. The Morgan fingerprint density at radius 3 is 2.48 bits per heavy atom. The van der Waals surface area contributed by atoms with Gasteiger partial charge in [-0.25, -0.2) is 9.59 Å². The van der Waals surface area contributed by atoms with Crippen molar-refractivity contribution < 1.29 is 14.7 Å². The number of carboxylic acid groups (broad SMARTS) is 1. The molecule has 2 saturated heterocycles. The highest BCUT2D eigenvalue weighted by atomic mass is 16.4. The van der Waals surface area contributed by atoms with Crippen molar-refractivity contribution in [1.29, 1.82) is 0 Å². The van der Waals surface area contributed by atoms with Crippen molar-refractivity contribution in [1.82, 2.24) is 15.1 Å². The van der Waals surface area contributed by atoms with E-state index in [1.165, 1.54) is 4.90 Å². The van der Waals surface area contributed by atoms with Crippen molar-refractivity contribution in [3.8, 4) is 0 Å². The fraction of sp³-hybridized carbons (Fsp3) is 0.867. The number of rotatable bonds is 3. The van der Waals surface area contributed by atoms with E-state index in [2.05, 4.69) is 17.3 Å². The second kappa shape index (κ2) is 7.64. The molecule has 0 radical (unpaired) electrons. The molecule has 0 aromatic carbocycles. The number of carbonyl (C=O) groups excluding carboxylic acids is 1. The van der Waals surface area contributed by atoms with Gasteiger partial charge in [0, 0.05) is 13.1 Å². The van der Waals surface area contributed by atoms with Crippen molar-refractivity contribution in [2.75, 3.05) is 33.2 Å². The number of piperidine rings is 1. The molecular weight excluding hydrogens is 270 g/mol. The highest BCUT2D eigenvalue weighted by Crippen LogP contribution is 2.18. The van der Waals surface area contributed by atoms with Crippen molar-refractivity contribution >= 4 is 12.0 Å². The van der Waals surface area contributed by atoms with Crippen LogP contribution in [0.4, 0.5) is 4.79 Å². The Labute approximate surface area is 126 Å². The minimum absolute atomic E-state index is 0.205. The topological polar surface area (TPSA) is 72.9 Å². The van der Waals surface area contributed by atoms with Gasteiger partial charge in [0.25, 0.3) is 0 Å². The number of amides is 2. The van der Waals surface area contributed by atoms with E-state index in [0.717, 1.165) is 45.2 Å². The van der Waals surface area contributed by atoms with Crippen LogP contribution in [-0.4, -0.2) is 66.2 Å². The molecule has 0 spiro atoms. The summed E-state index contributed by atoms with van der Waals surface area (Å²) in [6.45, 7) is 3.36. The van der Waals surface area contributed by atoms with Gasteiger partial charge in [0.2, 0.25) is 0 Å². The normalized spacial score (nSPS) is 25.4. The molecule has 2 amide bonds. The maximum atomic E-state index is 12.3. The summed E-state index contributed by atoms with van der Waals surface area (Å²) in [5.41, 5.74) is 0. The van der Waals surface area contributed by atoms with Gasteiger partial charge in [-0.05, 0) is 51.7 Å². The molecule has 2 fully saturated rings. The molecule has 1 unspecified atom stereocenters. The van der Waals surface area contributed by atoms with Crippen LogP contribution in [0.2, 0.25) is 0 Å². The highest BCUT2D eigenvalue weighted by Gasteiger charge is 2.31. The van der Waals surface area contributed by atoms with Crippen LogP contribution >= 0.6 is 0 Å². The van der Waals surface area contributed by atoms with Crippen LogP contribution in [-0.2, 0) is 4.79 Å². The summed E-state index contributed by atoms with van der Waals surface area (Å²) < 4.78 is 0. The van der Waals surface area contributed by atoms with Gasteiger partial charge in [-0.3, -0.25) is 0 Å². The predicted molar refractivity (Wildman–Crippen MR) is 80.2 cm³/mol. The fourth-order valence-electron chi connectivity index (χ4n) is 3.21. The zero-order chi connectivity index (χ0) is 15.2. The quantitative estimate of drug-likeness (QED) is 0.825. The number of carbonyl (C=O) groups is 2. The molecule has 0 aromatic rings. The summed E-state index contributed by atoms with van der Waals surface area (Å²) in [5, 5.41) is 12.3. The summed E-state index contributed by atoms with van der Waals surface area (Å²) in [6, 6.07) is -0.867. The zero-order valence-corrected chi connectivity index (χ0v) is 12.9. The van der Waals surface area contributed by atoms with Gasteiger partial charge in [-0.15, -0.1) is 0 Å². The lowest BCUT2D eigenvalue weighted by Crippen LogP contribution is -2.50. The average Bonchev–Trinajstić information content (AvgIpc) is 2.72. The minimum Gasteiger partial charge on any atom is -0.480 e. The Kier molecular flexibility index (Phi) is 5.85. The minimum atomic E-state index is -0.883. The predicted octanol–water partition coefficient (Wildman–Crippen LogP) is 1.37. The number of urea groups is 1. The molecule has 1 atom stereocenters. The fourth-order valence-corrected chi connectivity index (χ4v) is 3.21. The highest BCUT2D eigenvalue weighted by molar-refractivity contribution is 5.82. The lowest BCUT2D eigenvalue weighted by molar-refractivity contribution is -0.142. The van der Waals surface area contributed by atoms with Crippen molar-refractivity contribution in [3.05, 3.63) is 0 Å². The zero-order valence-electron chi connectivity index (χ0n) is 12.9. The molecule has 0 bridgehead atoms. The average molecular weight is 297 g/mol. The third-order valence-corrected chi connectivity index (χ3v) is 4.68. The number of likely N-dealkylation sites (tertiary alicyclic amines) is 2. The molecule has 120 valence electrons. The van der Waals surface area contributed by atoms with Crippen LogP contribution < -0.4 is 5.32 Å². The molecule has 0 saturated carbocycles. The summed E-state index contributed by atoms with van der Waals surface area (Å²) in [6.07, 6.45) is 5.54. The third-order valence-electron chi connectivity index (χ3n) is 4.68. The van der Waals surface area contributed by atoms with E-state index < -0.39 is 12.0 Å². The Morgan fingerprint density at radius 1 is 1.10 bits per heavy atom. The molecule has 6 nitrogen and oxygen atoms in total. The van der Waals surface area contributed by atoms with Crippen molar-refractivity contribution in [3.63, 3.8) is 0 Å². The van der Waals surface area contributed by atoms with Gasteiger partial charge in [0.15, 0.2) is 0 Å². The number of aliphatic carboxylic acids is 1. The number of nitrogens with zero attached hydrogens (tertiary/aromatic N) is 2. The van der Waals surface area contributed by atoms with E-state index >= 15 is 0 Å². The Hall–Kier alpha value is -1.30. The number of hydrogen-bond acceptors (Lipinski definition) is 3. The molecule has 2 aliphatic rings. The van der Waals surface area contributed by atoms with Crippen LogP contribution in [0.15, 0.2) is 0 Å². The summed E-state index contributed by atoms with van der Waals surface area (Å²) in [7, 11) is 2.11. The molecule has 2 heterocycles. The maximum Gasteiger partial charge on any atom is 0.326 e. The summed E-state index contributed by atoms with van der Waals surface area (Å²) in [5.74, 6) is -0.369. The molecule has 6 heteroatoms. The monoisotopic (exact) mass is 297 g/mol. The molecular formula is C15H27N3O3. The largest absolute Gasteiger partial charge is 0.480 e. The van der Waals surface area contributed by atoms with Crippen LogP contribution in [0.1, 0.15) is 38.5 Å². The van der Waals surface area contributed by atoms with Gasteiger partial charge >= 0.3 is 12.0 Å². The molecule has 2 aliphatic heterocycles. The first-order valence-corrected chi connectivity index (χ1v) is 8.03. The van der Waals surface area contributed by atoms with Crippen LogP contribution in [0.3, 0.4) is 0 Å². The molecule has 0 aromatic heterocycles.